The Morgan fingerprint density at radius 1 is 1.12 bits per heavy atom. The van der Waals surface area contributed by atoms with Crippen molar-refractivity contribution in [1.82, 2.24) is 10.5 Å². The summed E-state index contributed by atoms with van der Waals surface area (Å²) in [5, 5.41) is 8.38. The molecule has 2 aliphatic rings. The molecular weight excluding hydrogens is 451 g/mol. The van der Waals surface area contributed by atoms with E-state index in [0.29, 0.717) is 33.8 Å². The second-order valence-corrected chi connectivity index (χ2v) is 10.5. The summed E-state index contributed by atoms with van der Waals surface area (Å²) in [5.41, 5.74) is 1.81. The number of hydrogen-bond donors (Lipinski definition) is 1. The molecule has 0 radical (unpaired) electrons. The number of alkyl carbamates (subject to hydrolysis) is 1. The largest absolute Gasteiger partial charge is 0.444 e. The number of halogens is 2. The van der Waals surface area contributed by atoms with Crippen LogP contribution in [0.5, 0.6) is 0 Å². The molecule has 4 rings (SSSR count). The van der Waals surface area contributed by atoms with Gasteiger partial charge in [0.2, 0.25) is 0 Å². The fourth-order valence-corrected chi connectivity index (χ4v) is 4.67. The van der Waals surface area contributed by atoms with E-state index >= 15 is 0 Å². The van der Waals surface area contributed by atoms with Gasteiger partial charge in [-0.05, 0) is 71.4 Å². The Balaban J connectivity index is 1.38. The number of hydrogen-bond acceptors (Lipinski definition) is 5. The van der Waals surface area contributed by atoms with Gasteiger partial charge in [0.25, 0.3) is 0 Å². The average Bonchev–Trinajstić information content (AvgIpc) is 3.47. The third-order valence-electron chi connectivity index (χ3n) is 5.82. The molecule has 1 heterocycles. The Bertz CT molecular complexity index is 937. The summed E-state index contributed by atoms with van der Waals surface area (Å²) < 4.78 is 17.4. The average molecular weight is 481 g/mol. The summed E-state index contributed by atoms with van der Waals surface area (Å²) in [5.74, 6) is 1.28. The van der Waals surface area contributed by atoms with E-state index in [1.165, 1.54) is 0 Å². The van der Waals surface area contributed by atoms with E-state index in [-0.39, 0.29) is 18.2 Å². The van der Waals surface area contributed by atoms with Gasteiger partial charge in [-0.1, -0.05) is 34.4 Å². The molecule has 0 unspecified atom stereocenters. The van der Waals surface area contributed by atoms with E-state index in [1.54, 1.807) is 12.1 Å². The van der Waals surface area contributed by atoms with Gasteiger partial charge in [0, 0.05) is 23.1 Å². The van der Waals surface area contributed by atoms with Gasteiger partial charge >= 0.3 is 6.09 Å². The van der Waals surface area contributed by atoms with Crippen LogP contribution < -0.4 is 5.32 Å². The van der Waals surface area contributed by atoms with E-state index in [1.807, 2.05) is 26.8 Å². The SMILES string of the molecule is CC(C)(C)OC(=O)NC1CCC(OCc2c(-c3c(Cl)cccc3Cl)noc2C2CC2)CC1. The summed E-state index contributed by atoms with van der Waals surface area (Å²) >= 11 is 12.9. The molecule has 2 aromatic rings. The van der Waals surface area contributed by atoms with E-state index in [9.17, 15) is 4.79 Å². The van der Waals surface area contributed by atoms with Crippen LogP contribution in [0.2, 0.25) is 10.0 Å². The Kier molecular flexibility index (Phi) is 7.03. The monoisotopic (exact) mass is 480 g/mol. The lowest BCUT2D eigenvalue weighted by molar-refractivity contribution is 0.00795. The van der Waals surface area contributed by atoms with E-state index in [0.717, 1.165) is 49.8 Å². The molecule has 174 valence electrons. The highest BCUT2D eigenvalue weighted by Crippen LogP contribution is 2.46. The summed E-state index contributed by atoms with van der Waals surface area (Å²) in [6.45, 7) is 5.99. The minimum absolute atomic E-state index is 0.111. The van der Waals surface area contributed by atoms with Crippen LogP contribution in [0.3, 0.4) is 0 Å². The number of carbonyl (C=O) groups excluding carboxylic acids is 1. The third-order valence-corrected chi connectivity index (χ3v) is 6.45. The molecule has 0 spiro atoms. The number of amides is 1. The first-order valence-electron chi connectivity index (χ1n) is 11.2. The molecule has 2 fully saturated rings. The topological polar surface area (TPSA) is 73.6 Å². The second-order valence-electron chi connectivity index (χ2n) is 9.68. The van der Waals surface area contributed by atoms with Crippen molar-refractivity contribution in [1.29, 1.82) is 0 Å². The number of nitrogens with zero attached hydrogens (tertiary/aromatic N) is 1. The van der Waals surface area contributed by atoms with Crippen molar-refractivity contribution in [3.8, 4) is 11.3 Å². The molecule has 2 saturated carbocycles. The summed E-state index contributed by atoms with van der Waals surface area (Å²) in [6, 6.07) is 5.53. The maximum absolute atomic E-state index is 12.0. The molecule has 0 saturated heterocycles. The molecule has 2 aliphatic carbocycles. The van der Waals surface area contributed by atoms with Crippen molar-refractivity contribution in [2.24, 2.45) is 0 Å². The lowest BCUT2D eigenvalue weighted by Gasteiger charge is -2.30. The first-order valence-corrected chi connectivity index (χ1v) is 12.0. The summed E-state index contributed by atoms with van der Waals surface area (Å²) in [6.07, 6.45) is 5.39. The highest BCUT2D eigenvalue weighted by atomic mass is 35.5. The zero-order valence-corrected chi connectivity index (χ0v) is 20.3. The zero-order valence-electron chi connectivity index (χ0n) is 18.7. The van der Waals surface area contributed by atoms with Gasteiger partial charge in [-0.3, -0.25) is 0 Å². The molecular formula is C24H30Cl2N2O4. The highest BCUT2D eigenvalue weighted by Gasteiger charge is 2.34. The van der Waals surface area contributed by atoms with Crippen LogP contribution in [0.4, 0.5) is 4.79 Å². The number of carbonyl (C=O) groups is 1. The van der Waals surface area contributed by atoms with Gasteiger partial charge in [0.15, 0.2) is 0 Å². The molecule has 1 aromatic heterocycles. The van der Waals surface area contributed by atoms with Gasteiger partial charge in [-0.15, -0.1) is 0 Å². The molecule has 0 aliphatic heterocycles. The van der Waals surface area contributed by atoms with Crippen molar-refractivity contribution in [2.45, 2.75) is 89.6 Å². The molecule has 8 heteroatoms. The number of nitrogens with one attached hydrogen (secondary N) is 1. The standard InChI is InChI=1S/C24H30Cl2N2O4/c1-24(2,3)31-23(29)27-15-9-11-16(12-10-15)30-13-17-21(28-32-22(17)14-7-8-14)20-18(25)5-4-6-19(20)26/h4-6,14-16H,7-13H2,1-3H3,(H,27,29). The second kappa shape index (κ2) is 9.62. The first-order chi connectivity index (χ1) is 15.2. The predicted molar refractivity (Wildman–Crippen MR) is 124 cm³/mol. The van der Waals surface area contributed by atoms with E-state index in [4.69, 9.17) is 37.2 Å². The summed E-state index contributed by atoms with van der Waals surface area (Å²) in [7, 11) is 0. The predicted octanol–water partition coefficient (Wildman–Crippen LogP) is 6.88. The van der Waals surface area contributed by atoms with E-state index < -0.39 is 5.60 Å². The first kappa shape index (κ1) is 23.4. The number of aromatic nitrogens is 1. The van der Waals surface area contributed by atoms with Gasteiger partial charge in [-0.2, -0.15) is 0 Å². The Labute approximate surface area is 198 Å². The van der Waals surface area contributed by atoms with Crippen LogP contribution in [0.25, 0.3) is 11.3 Å². The van der Waals surface area contributed by atoms with Gasteiger partial charge in [-0.25, -0.2) is 4.79 Å². The minimum atomic E-state index is -0.495. The minimum Gasteiger partial charge on any atom is -0.444 e. The fourth-order valence-electron chi connectivity index (χ4n) is 4.10. The number of rotatable bonds is 6. The molecule has 1 N–H and O–H groups in total. The van der Waals surface area contributed by atoms with Crippen molar-refractivity contribution >= 4 is 29.3 Å². The quantitative estimate of drug-likeness (QED) is 0.487. The number of benzene rings is 1. The molecule has 6 nitrogen and oxygen atoms in total. The summed E-state index contributed by atoms with van der Waals surface area (Å²) in [4.78, 5) is 12.0. The number of ether oxygens (including phenoxy) is 2. The molecule has 1 aromatic carbocycles. The fraction of sp³-hybridized carbons (Fsp3) is 0.583. The van der Waals surface area contributed by atoms with Crippen LogP contribution in [0.1, 0.15) is 76.5 Å². The molecule has 1 amide bonds. The maximum Gasteiger partial charge on any atom is 0.407 e. The van der Waals surface area contributed by atoms with Crippen LogP contribution >= 0.6 is 23.2 Å². The van der Waals surface area contributed by atoms with Gasteiger partial charge in [0.1, 0.15) is 17.1 Å². The van der Waals surface area contributed by atoms with Crippen LogP contribution in [0.15, 0.2) is 22.7 Å². The molecule has 32 heavy (non-hydrogen) atoms. The lowest BCUT2D eigenvalue weighted by Crippen LogP contribution is -2.41. The lowest BCUT2D eigenvalue weighted by atomic mass is 9.93. The van der Waals surface area contributed by atoms with Gasteiger partial charge in [0.05, 0.1) is 22.8 Å². The molecule has 0 bridgehead atoms. The highest BCUT2D eigenvalue weighted by molar-refractivity contribution is 6.39. The maximum atomic E-state index is 12.0. The van der Waals surface area contributed by atoms with Crippen LogP contribution in [-0.4, -0.2) is 29.0 Å². The van der Waals surface area contributed by atoms with Crippen LogP contribution in [0, 0.1) is 0 Å². The smallest absolute Gasteiger partial charge is 0.407 e. The normalized spacial score (nSPS) is 21.4. The Morgan fingerprint density at radius 2 is 1.78 bits per heavy atom. The zero-order chi connectivity index (χ0) is 22.9. The third kappa shape index (κ3) is 5.77. The van der Waals surface area contributed by atoms with Crippen molar-refractivity contribution in [3.63, 3.8) is 0 Å². The molecule has 0 atom stereocenters. The van der Waals surface area contributed by atoms with Gasteiger partial charge < -0.3 is 19.3 Å². The van der Waals surface area contributed by atoms with Crippen molar-refractivity contribution < 1.29 is 18.8 Å². The Hall–Kier alpha value is -1.76. The van der Waals surface area contributed by atoms with Crippen molar-refractivity contribution in [3.05, 3.63) is 39.6 Å². The van der Waals surface area contributed by atoms with E-state index in [2.05, 4.69) is 10.5 Å². The van der Waals surface area contributed by atoms with Crippen LogP contribution in [-0.2, 0) is 16.1 Å². The Morgan fingerprint density at radius 3 is 2.38 bits per heavy atom. The van der Waals surface area contributed by atoms with Crippen molar-refractivity contribution in [2.75, 3.05) is 0 Å².